The van der Waals surface area contributed by atoms with Crippen molar-refractivity contribution in [2.24, 2.45) is 7.05 Å². The third kappa shape index (κ3) is 4.67. The van der Waals surface area contributed by atoms with Crippen molar-refractivity contribution in [2.75, 3.05) is 19.0 Å². The Morgan fingerprint density at radius 3 is 2.56 bits per heavy atom. The van der Waals surface area contributed by atoms with Crippen LogP contribution < -0.4 is 15.4 Å². The third-order valence-corrected chi connectivity index (χ3v) is 4.84. The van der Waals surface area contributed by atoms with Gasteiger partial charge in [-0.3, -0.25) is 4.79 Å². The van der Waals surface area contributed by atoms with E-state index in [0.29, 0.717) is 11.4 Å². The smallest absolute Gasteiger partial charge is 0.424 e. The SMILES string of the molecule is COc1ccccc1Nc1ncccc1C(=O)NCCC(O)(c1nccn1C)C(F)(F)F. The van der Waals surface area contributed by atoms with Crippen LogP contribution in [0.15, 0.2) is 55.0 Å². The van der Waals surface area contributed by atoms with Gasteiger partial charge in [0, 0.05) is 38.6 Å². The highest BCUT2D eigenvalue weighted by molar-refractivity contribution is 5.99. The van der Waals surface area contributed by atoms with Crippen LogP contribution in [0.3, 0.4) is 0 Å². The van der Waals surface area contributed by atoms with Gasteiger partial charge in [-0.1, -0.05) is 12.1 Å². The van der Waals surface area contributed by atoms with E-state index in [1.807, 2.05) is 0 Å². The molecule has 170 valence electrons. The molecule has 3 rings (SSSR count). The summed E-state index contributed by atoms with van der Waals surface area (Å²) >= 11 is 0. The van der Waals surface area contributed by atoms with Gasteiger partial charge in [0.05, 0.1) is 18.4 Å². The van der Waals surface area contributed by atoms with Crippen LogP contribution in [-0.2, 0) is 12.6 Å². The number of nitrogens with zero attached hydrogens (tertiary/aromatic N) is 3. The summed E-state index contributed by atoms with van der Waals surface area (Å²) in [7, 11) is 2.85. The number of imidazole rings is 1. The van der Waals surface area contributed by atoms with Gasteiger partial charge in [-0.05, 0) is 24.3 Å². The average Bonchev–Trinajstić information content (AvgIpc) is 3.20. The molecular formula is C21H22F3N5O3. The third-order valence-electron chi connectivity index (χ3n) is 4.84. The molecular weight excluding hydrogens is 427 g/mol. The van der Waals surface area contributed by atoms with E-state index in [1.54, 1.807) is 24.3 Å². The molecule has 0 radical (unpaired) electrons. The van der Waals surface area contributed by atoms with Gasteiger partial charge >= 0.3 is 6.18 Å². The zero-order valence-electron chi connectivity index (χ0n) is 17.3. The second-order valence-electron chi connectivity index (χ2n) is 6.95. The molecule has 3 N–H and O–H groups in total. The van der Waals surface area contributed by atoms with Crippen molar-refractivity contribution in [3.63, 3.8) is 0 Å². The number of aryl methyl sites for hydroxylation is 1. The van der Waals surface area contributed by atoms with Gasteiger partial charge < -0.3 is 25.0 Å². The number of carbonyl (C=O) groups is 1. The van der Waals surface area contributed by atoms with E-state index in [4.69, 9.17) is 4.74 Å². The average molecular weight is 449 g/mol. The molecule has 32 heavy (non-hydrogen) atoms. The van der Waals surface area contributed by atoms with Gasteiger partial charge in [-0.25, -0.2) is 9.97 Å². The number of rotatable bonds is 8. The second kappa shape index (κ2) is 9.27. The Labute approximate surface area is 182 Å². The van der Waals surface area contributed by atoms with Crippen LogP contribution in [0.5, 0.6) is 5.75 Å². The molecule has 1 aromatic carbocycles. The Morgan fingerprint density at radius 2 is 1.91 bits per heavy atom. The zero-order chi connectivity index (χ0) is 23.4. The Bertz CT molecular complexity index is 1090. The van der Waals surface area contributed by atoms with Crippen LogP contribution in [0.2, 0.25) is 0 Å². The van der Waals surface area contributed by atoms with Crippen molar-refractivity contribution < 1.29 is 27.8 Å². The van der Waals surface area contributed by atoms with Crippen molar-refractivity contribution in [2.45, 2.75) is 18.2 Å². The lowest BCUT2D eigenvalue weighted by Crippen LogP contribution is -2.46. The molecule has 1 unspecified atom stereocenters. The number of alkyl halides is 3. The molecule has 0 aliphatic heterocycles. The van der Waals surface area contributed by atoms with Crippen LogP contribution >= 0.6 is 0 Å². The van der Waals surface area contributed by atoms with Crippen molar-refractivity contribution >= 4 is 17.4 Å². The number of ether oxygens (including phenoxy) is 1. The summed E-state index contributed by atoms with van der Waals surface area (Å²) in [5.74, 6) is -0.487. The van der Waals surface area contributed by atoms with E-state index in [9.17, 15) is 23.1 Å². The van der Waals surface area contributed by atoms with E-state index in [2.05, 4.69) is 20.6 Å². The number of methoxy groups -OCH3 is 1. The lowest BCUT2D eigenvalue weighted by molar-refractivity contribution is -0.272. The lowest BCUT2D eigenvalue weighted by atomic mass is 9.97. The van der Waals surface area contributed by atoms with E-state index >= 15 is 0 Å². The monoisotopic (exact) mass is 449 g/mol. The highest BCUT2D eigenvalue weighted by atomic mass is 19.4. The largest absolute Gasteiger partial charge is 0.495 e. The summed E-state index contributed by atoms with van der Waals surface area (Å²) in [5, 5.41) is 15.8. The molecule has 0 saturated carbocycles. The number of pyridine rings is 1. The number of nitrogens with one attached hydrogen (secondary N) is 2. The summed E-state index contributed by atoms with van der Waals surface area (Å²) in [6, 6.07) is 10.0. The summed E-state index contributed by atoms with van der Waals surface area (Å²) in [5.41, 5.74) is -2.54. The molecule has 0 bridgehead atoms. The first-order chi connectivity index (χ1) is 15.2. The van der Waals surface area contributed by atoms with Crippen LogP contribution in [0.4, 0.5) is 24.7 Å². The molecule has 2 aromatic heterocycles. The Morgan fingerprint density at radius 1 is 1.16 bits per heavy atom. The predicted molar refractivity (Wildman–Crippen MR) is 111 cm³/mol. The van der Waals surface area contributed by atoms with E-state index < -0.39 is 36.5 Å². The Kier molecular flexibility index (Phi) is 6.68. The highest BCUT2D eigenvalue weighted by Crippen LogP contribution is 2.40. The molecule has 0 aliphatic carbocycles. The van der Waals surface area contributed by atoms with Crippen LogP contribution in [0.25, 0.3) is 0 Å². The maximum atomic E-state index is 13.6. The molecule has 1 amide bonds. The number of aliphatic hydroxyl groups is 1. The number of anilines is 2. The topological polar surface area (TPSA) is 101 Å². The first-order valence-electron chi connectivity index (χ1n) is 9.57. The molecule has 8 nitrogen and oxygen atoms in total. The molecule has 2 heterocycles. The van der Waals surface area contributed by atoms with Crippen molar-refractivity contribution in [1.82, 2.24) is 19.9 Å². The number of benzene rings is 1. The van der Waals surface area contributed by atoms with Gasteiger partial charge in [0.2, 0.25) is 5.60 Å². The summed E-state index contributed by atoms with van der Waals surface area (Å²) in [6.45, 7) is -0.454. The second-order valence-corrected chi connectivity index (χ2v) is 6.95. The fourth-order valence-electron chi connectivity index (χ4n) is 3.16. The van der Waals surface area contributed by atoms with Crippen molar-refractivity contribution in [1.29, 1.82) is 0 Å². The molecule has 11 heteroatoms. The molecule has 0 fully saturated rings. The van der Waals surface area contributed by atoms with Crippen molar-refractivity contribution in [3.05, 3.63) is 66.4 Å². The number of carbonyl (C=O) groups excluding carboxylic acids is 1. The van der Waals surface area contributed by atoms with Gasteiger partial charge in [-0.15, -0.1) is 0 Å². The lowest BCUT2D eigenvalue weighted by Gasteiger charge is -2.30. The van der Waals surface area contributed by atoms with Crippen LogP contribution in [-0.4, -0.2) is 45.4 Å². The Balaban J connectivity index is 1.75. The first kappa shape index (κ1) is 23.1. The van der Waals surface area contributed by atoms with Crippen molar-refractivity contribution in [3.8, 4) is 5.75 Å². The van der Waals surface area contributed by atoms with Gasteiger partial charge in [0.25, 0.3) is 5.91 Å². The van der Waals surface area contributed by atoms with E-state index in [1.165, 1.54) is 38.7 Å². The fraction of sp³-hybridized carbons (Fsp3) is 0.286. The van der Waals surface area contributed by atoms with Gasteiger partial charge in [0.15, 0.2) is 0 Å². The number of hydrogen-bond acceptors (Lipinski definition) is 6. The quantitative estimate of drug-likeness (QED) is 0.489. The summed E-state index contributed by atoms with van der Waals surface area (Å²) < 4.78 is 47.2. The van der Waals surface area contributed by atoms with E-state index in [-0.39, 0.29) is 11.4 Å². The van der Waals surface area contributed by atoms with Gasteiger partial charge in [0.1, 0.15) is 17.4 Å². The van der Waals surface area contributed by atoms with E-state index in [0.717, 1.165) is 10.8 Å². The van der Waals surface area contributed by atoms with Crippen LogP contribution in [0, 0.1) is 0 Å². The minimum Gasteiger partial charge on any atom is -0.495 e. The zero-order valence-corrected chi connectivity index (χ0v) is 17.3. The first-order valence-corrected chi connectivity index (χ1v) is 9.57. The molecule has 0 saturated heterocycles. The number of halogens is 3. The minimum atomic E-state index is -4.98. The normalized spacial score (nSPS) is 13.3. The van der Waals surface area contributed by atoms with Gasteiger partial charge in [-0.2, -0.15) is 13.2 Å². The number of aromatic nitrogens is 3. The maximum absolute atomic E-state index is 13.6. The summed E-state index contributed by atoms with van der Waals surface area (Å²) in [6.07, 6.45) is -1.87. The fourth-order valence-corrected chi connectivity index (χ4v) is 3.16. The molecule has 0 aliphatic rings. The Hall–Kier alpha value is -3.60. The maximum Gasteiger partial charge on any atom is 0.424 e. The summed E-state index contributed by atoms with van der Waals surface area (Å²) in [4.78, 5) is 20.5. The highest BCUT2D eigenvalue weighted by Gasteiger charge is 2.57. The minimum absolute atomic E-state index is 0.117. The standard InChI is InChI=1S/C21H22F3N5O3/c1-29-13-12-27-19(29)20(31,21(22,23)24)9-11-26-18(30)14-6-5-10-25-17(14)28-15-7-3-4-8-16(15)32-2/h3-8,10,12-13,31H,9,11H2,1-2H3,(H,25,28)(H,26,30). The van der Waals surface area contributed by atoms with Crippen LogP contribution in [0.1, 0.15) is 22.6 Å². The molecule has 0 spiro atoms. The predicted octanol–water partition coefficient (Wildman–Crippen LogP) is 3.14. The number of hydrogen-bond donors (Lipinski definition) is 3. The molecule has 1 atom stereocenters. The number of para-hydroxylation sites is 2. The molecule has 3 aromatic rings. The number of amides is 1.